The van der Waals surface area contributed by atoms with Crippen LogP contribution in [0.1, 0.15) is 46.5 Å². The maximum Gasteiger partial charge on any atom is 0.0897 e. The molecule has 0 aromatic carbocycles. The Hall–Kier alpha value is -0.160. The minimum Gasteiger partial charge on any atom is -0.389 e. The highest BCUT2D eigenvalue weighted by molar-refractivity contribution is 4.71. The van der Waals surface area contributed by atoms with Crippen molar-refractivity contribution in [1.82, 2.24) is 5.32 Å². The van der Waals surface area contributed by atoms with Gasteiger partial charge in [-0.15, -0.1) is 0 Å². The summed E-state index contributed by atoms with van der Waals surface area (Å²) in [6.07, 6.45) is 5.06. The van der Waals surface area contributed by atoms with Gasteiger partial charge in [-0.2, -0.15) is 0 Å². The van der Waals surface area contributed by atoms with Crippen molar-refractivity contribution in [3.05, 3.63) is 0 Å². The van der Waals surface area contributed by atoms with E-state index < -0.39 is 6.10 Å². The molecule has 1 fully saturated rings. The Morgan fingerprint density at radius 1 is 1.32 bits per heavy atom. The minimum absolute atomic E-state index is 0.267. The highest BCUT2D eigenvalue weighted by Gasteiger charge is 2.20. The van der Waals surface area contributed by atoms with Crippen LogP contribution in [0.2, 0.25) is 0 Å². The van der Waals surface area contributed by atoms with Crippen LogP contribution in [0, 0.1) is 5.92 Å². The van der Waals surface area contributed by atoms with E-state index in [2.05, 4.69) is 12.2 Å². The average molecular weight is 273 g/mol. The van der Waals surface area contributed by atoms with E-state index in [9.17, 15) is 5.11 Å². The number of aliphatic hydroxyl groups is 1. The molecule has 1 aliphatic rings. The first-order chi connectivity index (χ1) is 9.08. The normalized spacial score (nSPS) is 25.7. The van der Waals surface area contributed by atoms with Gasteiger partial charge in [-0.1, -0.05) is 19.8 Å². The largest absolute Gasteiger partial charge is 0.389 e. The molecule has 3 unspecified atom stereocenters. The van der Waals surface area contributed by atoms with E-state index in [0.29, 0.717) is 25.9 Å². The van der Waals surface area contributed by atoms with E-state index in [1.54, 1.807) is 0 Å². The molecule has 19 heavy (non-hydrogen) atoms. The molecule has 0 bridgehead atoms. The zero-order valence-electron chi connectivity index (χ0n) is 12.7. The summed E-state index contributed by atoms with van der Waals surface area (Å²) in [4.78, 5) is 0. The molecule has 1 rings (SSSR count). The molecule has 0 aromatic rings. The van der Waals surface area contributed by atoms with Gasteiger partial charge in [-0.3, -0.25) is 0 Å². The summed E-state index contributed by atoms with van der Waals surface area (Å²) in [6, 6.07) is 0. The molecule has 1 saturated carbocycles. The van der Waals surface area contributed by atoms with Crippen molar-refractivity contribution in [3.63, 3.8) is 0 Å². The zero-order valence-corrected chi connectivity index (χ0v) is 12.7. The Morgan fingerprint density at radius 2 is 2.11 bits per heavy atom. The monoisotopic (exact) mass is 273 g/mol. The van der Waals surface area contributed by atoms with Crippen LogP contribution in [0.3, 0.4) is 0 Å². The quantitative estimate of drug-likeness (QED) is 0.631. The van der Waals surface area contributed by atoms with Gasteiger partial charge in [0.15, 0.2) is 0 Å². The van der Waals surface area contributed by atoms with Crippen molar-refractivity contribution in [1.29, 1.82) is 0 Å². The van der Waals surface area contributed by atoms with E-state index >= 15 is 0 Å². The number of aliphatic hydroxyl groups excluding tert-OH is 1. The summed E-state index contributed by atoms with van der Waals surface area (Å²) in [6.45, 7) is 8.80. The van der Waals surface area contributed by atoms with Crippen molar-refractivity contribution >= 4 is 0 Å². The summed E-state index contributed by atoms with van der Waals surface area (Å²) >= 11 is 0. The van der Waals surface area contributed by atoms with E-state index in [-0.39, 0.29) is 6.10 Å². The van der Waals surface area contributed by atoms with Gasteiger partial charge < -0.3 is 19.9 Å². The lowest BCUT2D eigenvalue weighted by molar-refractivity contribution is -0.0310. The summed E-state index contributed by atoms with van der Waals surface area (Å²) in [5.41, 5.74) is 0. The zero-order chi connectivity index (χ0) is 14.1. The highest BCUT2D eigenvalue weighted by atomic mass is 16.5. The lowest BCUT2D eigenvalue weighted by Crippen LogP contribution is -2.34. The van der Waals surface area contributed by atoms with Gasteiger partial charge in [0.1, 0.15) is 0 Å². The van der Waals surface area contributed by atoms with Gasteiger partial charge in [0.05, 0.1) is 31.5 Å². The molecule has 3 atom stereocenters. The van der Waals surface area contributed by atoms with Gasteiger partial charge in [-0.25, -0.2) is 0 Å². The fourth-order valence-electron chi connectivity index (χ4n) is 2.47. The van der Waals surface area contributed by atoms with Crippen LogP contribution in [0.5, 0.6) is 0 Å². The van der Waals surface area contributed by atoms with E-state index in [0.717, 1.165) is 25.3 Å². The Bertz CT molecular complexity index is 223. The van der Waals surface area contributed by atoms with Crippen LogP contribution in [0.4, 0.5) is 0 Å². The molecule has 0 heterocycles. The topological polar surface area (TPSA) is 50.7 Å². The molecule has 0 aliphatic heterocycles. The molecule has 0 saturated heterocycles. The second kappa shape index (κ2) is 9.70. The first-order valence-electron chi connectivity index (χ1n) is 7.70. The molecule has 1 aliphatic carbocycles. The fourth-order valence-corrected chi connectivity index (χ4v) is 2.47. The Labute approximate surface area is 117 Å². The summed E-state index contributed by atoms with van der Waals surface area (Å²) in [5.74, 6) is 0.766. The fraction of sp³-hybridized carbons (Fsp3) is 1.00. The average Bonchev–Trinajstić information content (AvgIpc) is 2.35. The highest BCUT2D eigenvalue weighted by Crippen LogP contribution is 2.25. The number of nitrogens with one attached hydrogen (secondary N) is 1. The van der Waals surface area contributed by atoms with Gasteiger partial charge in [0.2, 0.25) is 0 Å². The van der Waals surface area contributed by atoms with Crippen LogP contribution in [-0.4, -0.2) is 49.7 Å². The molecule has 0 radical (unpaired) electrons. The predicted molar refractivity (Wildman–Crippen MR) is 77.3 cm³/mol. The molecule has 0 spiro atoms. The van der Waals surface area contributed by atoms with Crippen LogP contribution in [0.15, 0.2) is 0 Å². The third-order valence-corrected chi connectivity index (χ3v) is 3.52. The van der Waals surface area contributed by atoms with Crippen LogP contribution in [0.25, 0.3) is 0 Å². The van der Waals surface area contributed by atoms with Crippen LogP contribution in [-0.2, 0) is 9.47 Å². The smallest absolute Gasteiger partial charge is 0.0897 e. The first-order valence-corrected chi connectivity index (χ1v) is 7.70. The van der Waals surface area contributed by atoms with Crippen molar-refractivity contribution in [2.75, 3.05) is 26.3 Å². The van der Waals surface area contributed by atoms with E-state index in [1.807, 2.05) is 13.8 Å². The number of ether oxygens (including phenoxy) is 2. The Morgan fingerprint density at radius 3 is 2.79 bits per heavy atom. The predicted octanol–water partition coefficient (Wildman–Crippen LogP) is 1.96. The molecule has 4 nitrogen and oxygen atoms in total. The van der Waals surface area contributed by atoms with E-state index in [1.165, 1.54) is 12.8 Å². The number of hydrogen-bond donors (Lipinski definition) is 2. The second-order valence-corrected chi connectivity index (χ2v) is 6.00. The number of hydrogen-bond acceptors (Lipinski definition) is 4. The van der Waals surface area contributed by atoms with Gasteiger partial charge in [0.25, 0.3) is 0 Å². The second-order valence-electron chi connectivity index (χ2n) is 6.00. The van der Waals surface area contributed by atoms with Gasteiger partial charge >= 0.3 is 0 Å². The molecule has 114 valence electrons. The summed E-state index contributed by atoms with van der Waals surface area (Å²) < 4.78 is 11.2. The van der Waals surface area contributed by atoms with Gasteiger partial charge in [-0.05, 0) is 32.6 Å². The lowest BCUT2D eigenvalue weighted by Gasteiger charge is -2.27. The first kappa shape index (κ1) is 16.9. The molecular weight excluding hydrogens is 242 g/mol. The summed E-state index contributed by atoms with van der Waals surface area (Å²) in [5, 5.41) is 13.0. The third-order valence-electron chi connectivity index (χ3n) is 3.52. The number of rotatable bonds is 9. The third kappa shape index (κ3) is 8.58. The van der Waals surface area contributed by atoms with Crippen molar-refractivity contribution in [2.24, 2.45) is 5.92 Å². The molecule has 0 amide bonds. The standard InChI is InChI=1S/C15H31NO3/c1-12(2)18-8-7-16-10-14(17)11-19-15-6-4-5-13(3)9-15/h12-17H,4-11H2,1-3H3. The lowest BCUT2D eigenvalue weighted by atomic mass is 9.89. The molecule has 0 aromatic heterocycles. The van der Waals surface area contributed by atoms with Gasteiger partial charge in [0, 0.05) is 13.1 Å². The Kier molecular flexibility index (Phi) is 8.62. The molecule has 2 N–H and O–H groups in total. The summed E-state index contributed by atoms with van der Waals surface area (Å²) in [7, 11) is 0. The van der Waals surface area contributed by atoms with Crippen molar-refractivity contribution in [2.45, 2.75) is 64.8 Å². The maximum atomic E-state index is 9.83. The molecular formula is C15H31NO3. The van der Waals surface area contributed by atoms with Crippen molar-refractivity contribution < 1.29 is 14.6 Å². The van der Waals surface area contributed by atoms with Crippen LogP contribution < -0.4 is 5.32 Å². The van der Waals surface area contributed by atoms with Crippen LogP contribution >= 0.6 is 0 Å². The molecule has 4 heteroatoms. The van der Waals surface area contributed by atoms with Crippen molar-refractivity contribution in [3.8, 4) is 0 Å². The SMILES string of the molecule is CC1CCCC(OCC(O)CNCCOC(C)C)C1. The Balaban J connectivity index is 1.96. The minimum atomic E-state index is -0.420. The van der Waals surface area contributed by atoms with E-state index in [4.69, 9.17) is 9.47 Å². The maximum absolute atomic E-state index is 9.83.